The molecule has 0 aliphatic heterocycles. The average Bonchev–Trinajstić information content (AvgIpc) is 2.63. The topological polar surface area (TPSA) is 79.4 Å². The Morgan fingerprint density at radius 1 is 1.04 bits per heavy atom. The number of benzene rings is 1. The van der Waals surface area contributed by atoms with Gasteiger partial charge in [-0.2, -0.15) is 0 Å². The van der Waals surface area contributed by atoms with E-state index in [1.165, 1.54) is 12.1 Å². The monoisotopic (exact) mass is 361 g/mol. The molecule has 0 radical (unpaired) electrons. The second-order valence-electron chi connectivity index (χ2n) is 5.46. The van der Waals surface area contributed by atoms with Crippen molar-refractivity contribution in [2.45, 2.75) is 25.7 Å². The van der Waals surface area contributed by atoms with E-state index in [0.717, 1.165) is 18.9 Å². The van der Waals surface area contributed by atoms with Crippen LogP contribution in [0.1, 0.15) is 31.1 Å². The van der Waals surface area contributed by atoms with Crippen LogP contribution in [0.5, 0.6) is 0 Å². The molecule has 2 aromatic rings. The van der Waals surface area contributed by atoms with E-state index in [-0.39, 0.29) is 16.6 Å². The predicted molar refractivity (Wildman–Crippen MR) is 99.9 cm³/mol. The van der Waals surface area contributed by atoms with Crippen LogP contribution in [-0.4, -0.2) is 38.2 Å². The van der Waals surface area contributed by atoms with Gasteiger partial charge in [0, 0.05) is 25.0 Å². The van der Waals surface area contributed by atoms with Gasteiger partial charge in [0.1, 0.15) is 5.82 Å². The zero-order valence-corrected chi connectivity index (χ0v) is 15.5. The van der Waals surface area contributed by atoms with Gasteiger partial charge in [0.2, 0.25) is 0 Å². The smallest absolute Gasteiger partial charge is 0.257 e. The van der Waals surface area contributed by atoms with E-state index in [1.807, 2.05) is 19.9 Å². The number of anilines is 2. The minimum Gasteiger partial charge on any atom is -0.357 e. The van der Waals surface area contributed by atoms with E-state index in [1.54, 1.807) is 31.3 Å². The van der Waals surface area contributed by atoms with E-state index < -0.39 is 9.84 Å². The van der Waals surface area contributed by atoms with Crippen molar-refractivity contribution >= 4 is 27.2 Å². The quantitative estimate of drug-likeness (QED) is 0.820. The molecule has 0 spiro atoms. The molecule has 1 heterocycles. The lowest BCUT2D eigenvalue weighted by Crippen LogP contribution is -2.23. The number of hydrogen-bond donors (Lipinski definition) is 1. The van der Waals surface area contributed by atoms with Gasteiger partial charge >= 0.3 is 0 Å². The van der Waals surface area contributed by atoms with Gasteiger partial charge in [0.15, 0.2) is 9.84 Å². The maximum Gasteiger partial charge on any atom is 0.257 e. The van der Waals surface area contributed by atoms with E-state index in [2.05, 4.69) is 15.2 Å². The van der Waals surface area contributed by atoms with Crippen molar-refractivity contribution < 1.29 is 13.2 Å². The van der Waals surface area contributed by atoms with Gasteiger partial charge in [0.05, 0.1) is 16.2 Å². The van der Waals surface area contributed by atoms with Crippen molar-refractivity contribution in [1.29, 1.82) is 0 Å². The minimum atomic E-state index is -3.24. The zero-order valence-electron chi connectivity index (χ0n) is 14.7. The lowest BCUT2D eigenvalue weighted by molar-refractivity contribution is 0.102. The fraction of sp³-hybridized carbons (Fsp3) is 0.333. The van der Waals surface area contributed by atoms with Crippen molar-refractivity contribution in [2.75, 3.05) is 29.1 Å². The van der Waals surface area contributed by atoms with Crippen LogP contribution < -0.4 is 10.2 Å². The van der Waals surface area contributed by atoms with Gasteiger partial charge in [0.25, 0.3) is 5.91 Å². The molecular weight excluding hydrogens is 338 g/mol. The Bertz CT molecular complexity index is 812. The second-order valence-corrected chi connectivity index (χ2v) is 7.74. The molecule has 0 saturated heterocycles. The number of pyridine rings is 1. The summed E-state index contributed by atoms with van der Waals surface area (Å²) in [7, 11) is -3.24. The molecule has 1 amide bonds. The normalized spacial score (nSPS) is 11.2. The number of nitrogens with one attached hydrogen (secondary N) is 1. The van der Waals surface area contributed by atoms with E-state index >= 15 is 0 Å². The highest BCUT2D eigenvalue weighted by Crippen LogP contribution is 2.17. The van der Waals surface area contributed by atoms with Crippen molar-refractivity contribution in [1.82, 2.24) is 4.98 Å². The molecular formula is C18H23N3O3S. The summed E-state index contributed by atoms with van der Waals surface area (Å²) in [5.41, 5.74) is 0.981. The molecule has 1 aromatic heterocycles. The Kier molecular flexibility index (Phi) is 6.14. The first kappa shape index (κ1) is 18.9. The Labute approximate surface area is 148 Å². The predicted octanol–water partition coefficient (Wildman–Crippen LogP) is 2.97. The highest BCUT2D eigenvalue weighted by molar-refractivity contribution is 7.91. The van der Waals surface area contributed by atoms with Crippen molar-refractivity contribution in [3.05, 3.63) is 48.2 Å². The summed E-state index contributed by atoms with van der Waals surface area (Å²) in [5, 5.41) is 2.74. The van der Waals surface area contributed by atoms with Gasteiger partial charge < -0.3 is 10.2 Å². The molecule has 25 heavy (non-hydrogen) atoms. The molecule has 1 N–H and O–H groups in total. The lowest BCUT2D eigenvalue weighted by Gasteiger charge is -2.19. The first-order chi connectivity index (χ1) is 11.9. The van der Waals surface area contributed by atoms with E-state index in [0.29, 0.717) is 11.3 Å². The van der Waals surface area contributed by atoms with Crippen LogP contribution in [0.4, 0.5) is 11.5 Å². The van der Waals surface area contributed by atoms with Crippen LogP contribution in [0.25, 0.3) is 0 Å². The van der Waals surface area contributed by atoms with E-state index in [9.17, 15) is 13.2 Å². The number of carbonyl (C=O) groups is 1. The third-order valence-corrected chi connectivity index (χ3v) is 5.70. The molecule has 7 heteroatoms. The summed E-state index contributed by atoms with van der Waals surface area (Å²) < 4.78 is 23.6. The molecule has 0 atom stereocenters. The summed E-state index contributed by atoms with van der Waals surface area (Å²) in [4.78, 5) is 19.0. The number of amides is 1. The Hall–Kier alpha value is -2.41. The van der Waals surface area contributed by atoms with Crippen molar-refractivity contribution in [3.63, 3.8) is 0 Å². The Morgan fingerprint density at radius 3 is 2.16 bits per heavy atom. The number of hydrogen-bond acceptors (Lipinski definition) is 5. The second kappa shape index (κ2) is 8.11. The minimum absolute atomic E-state index is 0.0449. The van der Waals surface area contributed by atoms with Gasteiger partial charge in [-0.05, 0) is 50.2 Å². The van der Waals surface area contributed by atoms with Crippen LogP contribution in [0, 0.1) is 0 Å². The highest BCUT2D eigenvalue weighted by atomic mass is 32.2. The first-order valence-corrected chi connectivity index (χ1v) is 9.91. The zero-order chi connectivity index (χ0) is 18.4. The standard InChI is InChI=1S/C18H23N3O3S/c1-4-21(5-2)17-12-7-14(13-19-17)18(22)20-15-8-10-16(11-9-15)25(23,24)6-3/h7-13H,4-6H2,1-3H3,(H,20,22). The maximum atomic E-state index is 12.3. The van der Waals surface area contributed by atoms with Crippen molar-refractivity contribution in [3.8, 4) is 0 Å². The first-order valence-electron chi connectivity index (χ1n) is 8.26. The molecule has 0 bridgehead atoms. The lowest BCUT2D eigenvalue weighted by atomic mass is 10.2. The van der Waals surface area contributed by atoms with Gasteiger partial charge in [-0.3, -0.25) is 4.79 Å². The maximum absolute atomic E-state index is 12.3. The summed E-state index contributed by atoms with van der Waals surface area (Å²) >= 11 is 0. The molecule has 0 aliphatic carbocycles. The molecule has 0 fully saturated rings. The molecule has 134 valence electrons. The number of rotatable bonds is 7. The van der Waals surface area contributed by atoms with Gasteiger partial charge in [-0.25, -0.2) is 13.4 Å². The molecule has 1 aromatic carbocycles. The summed E-state index contributed by atoms with van der Waals surface area (Å²) in [5.74, 6) is 0.587. The average molecular weight is 361 g/mol. The number of nitrogens with zero attached hydrogens (tertiary/aromatic N) is 2. The summed E-state index contributed by atoms with van der Waals surface area (Å²) in [6, 6.07) is 9.70. The third-order valence-electron chi connectivity index (χ3n) is 3.95. The van der Waals surface area contributed by atoms with Gasteiger partial charge in [-0.1, -0.05) is 6.92 Å². The Morgan fingerprint density at radius 2 is 1.68 bits per heavy atom. The third kappa shape index (κ3) is 4.57. The van der Waals surface area contributed by atoms with E-state index in [4.69, 9.17) is 0 Å². The summed E-state index contributed by atoms with van der Waals surface area (Å²) in [6.07, 6.45) is 1.54. The van der Waals surface area contributed by atoms with Crippen LogP contribution >= 0.6 is 0 Å². The SMILES string of the molecule is CCN(CC)c1ccc(C(=O)Nc2ccc(S(=O)(=O)CC)cc2)cn1. The van der Waals surface area contributed by atoms with Gasteiger partial charge in [-0.15, -0.1) is 0 Å². The van der Waals surface area contributed by atoms with Crippen LogP contribution in [0.3, 0.4) is 0 Å². The summed E-state index contributed by atoms with van der Waals surface area (Å²) in [6.45, 7) is 7.40. The van der Waals surface area contributed by atoms with Crippen LogP contribution in [0.15, 0.2) is 47.5 Å². The fourth-order valence-electron chi connectivity index (χ4n) is 2.37. The Balaban J connectivity index is 2.09. The molecule has 0 aliphatic rings. The van der Waals surface area contributed by atoms with Crippen LogP contribution in [0.2, 0.25) is 0 Å². The van der Waals surface area contributed by atoms with Crippen molar-refractivity contribution in [2.24, 2.45) is 0 Å². The fourth-order valence-corrected chi connectivity index (χ4v) is 3.25. The van der Waals surface area contributed by atoms with Crippen LogP contribution in [-0.2, 0) is 9.84 Å². The highest BCUT2D eigenvalue weighted by Gasteiger charge is 2.12. The molecule has 2 rings (SSSR count). The number of sulfone groups is 1. The molecule has 6 nitrogen and oxygen atoms in total. The molecule has 0 unspecified atom stereocenters. The molecule has 0 saturated carbocycles. The largest absolute Gasteiger partial charge is 0.357 e. The number of carbonyl (C=O) groups excluding carboxylic acids is 1. The number of aromatic nitrogens is 1.